The zero-order valence-corrected chi connectivity index (χ0v) is 12.3. The Balaban J connectivity index is 2.21. The highest BCUT2D eigenvalue weighted by molar-refractivity contribution is 6.37. The fourth-order valence-corrected chi connectivity index (χ4v) is 2.71. The van der Waals surface area contributed by atoms with Crippen molar-refractivity contribution < 1.29 is 4.74 Å². The molecule has 0 spiro atoms. The first-order chi connectivity index (χ1) is 9.15. The summed E-state index contributed by atoms with van der Waals surface area (Å²) in [4.78, 5) is 6.45. The summed E-state index contributed by atoms with van der Waals surface area (Å²) in [5, 5.41) is 0.924. The number of nitrogens with two attached hydrogens (primary N) is 1. The summed E-state index contributed by atoms with van der Waals surface area (Å²) in [7, 11) is 0. The molecule has 3 N–H and O–H groups in total. The van der Waals surface area contributed by atoms with Gasteiger partial charge in [0.05, 0.1) is 16.1 Å². The number of nitrogens with one attached hydrogen (secondary N) is 1. The van der Waals surface area contributed by atoms with Gasteiger partial charge >= 0.3 is 0 Å². The number of pyridine rings is 1. The molecular formula is C12H18Cl2N4O. The van der Waals surface area contributed by atoms with Crippen molar-refractivity contribution in [1.82, 2.24) is 4.98 Å². The maximum absolute atomic E-state index is 6.22. The van der Waals surface area contributed by atoms with E-state index in [0.717, 1.165) is 32.5 Å². The Morgan fingerprint density at radius 3 is 2.89 bits per heavy atom. The summed E-state index contributed by atoms with van der Waals surface area (Å²) in [6, 6.07) is 1.65. The van der Waals surface area contributed by atoms with Gasteiger partial charge in [0.25, 0.3) is 0 Å². The van der Waals surface area contributed by atoms with Gasteiger partial charge in [-0.2, -0.15) is 0 Å². The first-order valence-electron chi connectivity index (χ1n) is 6.35. The minimum absolute atomic E-state index is 0.239. The van der Waals surface area contributed by atoms with Gasteiger partial charge in [-0.1, -0.05) is 23.2 Å². The highest BCUT2D eigenvalue weighted by atomic mass is 35.5. The molecule has 5 nitrogen and oxygen atoms in total. The summed E-state index contributed by atoms with van der Waals surface area (Å²) in [5.41, 5.74) is 2.48. The number of ether oxygens (including phenoxy) is 1. The average Bonchev–Trinajstić information content (AvgIpc) is 2.89. The lowest BCUT2D eigenvalue weighted by molar-refractivity contribution is 0.115. The minimum Gasteiger partial charge on any atom is -0.376 e. The summed E-state index contributed by atoms with van der Waals surface area (Å²) in [6.07, 6.45) is 2.42. The molecule has 2 rings (SSSR count). The Hall–Kier alpha value is -0.750. The normalized spacial score (nSPS) is 18.6. The molecule has 106 valence electrons. The van der Waals surface area contributed by atoms with Crippen LogP contribution < -0.4 is 16.2 Å². The molecule has 1 fully saturated rings. The number of nitrogens with zero attached hydrogens (tertiary/aromatic N) is 2. The second-order valence-corrected chi connectivity index (χ2v) is 5.26. The molecule has 0 aliphatic carbocycles. The highest BCUT2D eigenvalue weighted by Gasteiger charge is 2.21. The number of anilines is 2. The molecule has 1 saturated heterocycles. The zero-order valence-electron chi connectivity index (χ0n) is 10.8. The lowest BCUT2D eigenvalue weighted by Gasteiger charge is -2.26. The van der Waals surface area contributed by atoms with Crippen molar-refractivity contribution in [2.75, 3.05) is 30.0 Å². The van der Waals surface area contributed by atoms with Gasteiger partial charge in [0, 0.05) is 19.7 Å². The fraction of sp³-hybridized carbons (Fsp3) is 0.583. The van der Waals surface area contributed by atoms with Crippen LogP contribution in [0.5, 0.6) is 0 Å². The topological polar surface area (TPSA) is 63.4 Å². The van der Waals surface area contributed by atoms with Crippen LogP contribution >= 0.6 is 23.2 Å². The maximum atomic E-state index is 6.22. The molecule has 7 heteroatoms. The SMILES string of the molecule is CCN(CC1CCCO1)c1nc(NN)c(Cl)cc1Cl. The number of hydrogen-bond donors (Lipinski definition) is 2. The summed E-state index contributed by atoms with van der Waals surface area (Å²) < 4.78 is 5.65. The van der Waals surface area contributed by atoms with Gasteiger partial charge in [-0.3, -0.25) is 0 Å². The van der Waals surface area contributed by atoms with Gasteiger partial charge in [-0.05, 0) is 25.8 Å². The number of rotatable bonds is 5. The van der Waals surface area contributed by atoms with E-state index >= 15 is 0 Å². The van der Waals surface area contributed by atoms with E-state index in [0.29, 0.717) is 21.7 Å². The van der Waals surface area contributed by atoms with Gasteiger partial charge < -0.3 is 15.1 Å². The molecule has 2 heterocycles. The highest BCUT2D eigenvalue weighted by Crippen LogP contribution is 2.31. The van der Waals surface area contributed by atoms with E-state index < -0.39 is 0 Å². The van der Waals surface area contributed by atoms with E-state index in [4.69, 9.17) is 33.8 Å². The molecule has 1 aliphatic heterocycles. The summed E-state index contributed by atoms with van der Waals surface area (Å²) in [6.45, 7) is 4.45. The Morgan fingerprint density at radius 2 is 2.32 bits per heavy atom. The Bertz CT molecular complexity index is 438. The largest absolute Gasteiger partial charge is 0.376 e. The molecule has 0 radical (unpaired) electrons. The first-order valence-corrected chi connectivity index (χ1v) is 7.10. The predicted molar refractivity (Wildman–Crippen MR) is 78.9 cm³/mol. The number of aromatic nitrogens is 1. The van der Waals surface area contributed by atoms with E-state index in [-0.39, 0.29) is 6.10 Å². The number of halogens is 2. The van der Waals surface area contributed by atoms with E-state index in [1.807, 2.05) is 0 Å². The van der Waals surface area contributed by atoms with E-state index in [9.17, 15) is 0 Å². The van der Waals surface area contributed by atoms with Crippen molar-refractivity contribution in [3.05, 3.63) is 16.1 Å². The average molecular weight is 305 g/mol. The Kier molecular flexibility index (Phi) is 5.10. The number of likely N-dealkylation sites (N-methyl/N-ethyl adjacent to an activating group) is 1. The van der Waals surface area contributed by atoms with Crippen molar-refractivity contribution in [2.24, 2.45) is 5.84 Å². The molecule has 0 amide bonds. The molecule has 1 atom stereocenters. The van der Waals surface area contributed by atoms with Crippen LogP contribution in [0.1, 0.15) is 19.8 Å². The summed E-state index contributed by atoms with van der Waals surface area (Å²) >= 11 is 12.2. The van der Waals surface area contributed by atoms with Crippen LogP contribution in [0.25, 0.3) is 0 Å². The van der Waals surface area contributed by atoms with E-state index in [1.165, 1.54) is 0 Å². The van der Waals surface area contributed by atoms with E-state index in [1.54, 1.807) is 6.07 Å². The molecule has 19 heavy (non-hydrogen) atoms. The standard InChI is InChI=1S/C12H18Cl2N4O/c1-2-18(7-8-4-3-5-19-8)12-10(14)6-9(13)11(16-12)17-15/h6,8H,2-5,7,15H2,1H3,(H,16,17). The molecule has 1 aliphatic rings. The molecule has 0 aromatic carbocycles. The molecular weight excluding hydrogens is 287 g/mol. The maximum Gasteiger partial charge on any atom is 0.161 e. The number of hydrogen-bond acceptors (Lipinski definition) is 5. The molecule has 1 aromatic rings. The van der Waals surface area contributed by atoms with Gasteiger partial charge in [-0.25, -0.2) is 10.8 Å². The van der Waals surface area contributed by atoms with Crippen LogP contribution in [0.3, 0.4) is 0 Å². The monoisotopic (exact) mass is 304 g/mol. The third-order valence-corrected chi connectivity index (χ3v) is 3.74. The zero-order chi connectivity index (χ0) is 13.8. The lowest BCUT2D eigenvalue weighted by atomic mass is 10.2. The van der Waals surface area contributed by atoms with Crippen LogP contribution in [0, 0.1) is 0 Å². The predicted octanol–water partition coefficient (Wildman–Crippen LogP) is 2.68. The molecule has 0 bridgehead atoms. The molecule has 1 aromatic heterocycles. The van der Waals surface area contributed by atoms with Crippen molar-refractivity contribution in [2.45, 2.75) is 25.9 Å². The second kappa shape index (κ2) is 6.61. The van der Waals surface area contributed by atoms with Crippen LogP contribution in [0.15, 0.2) is 6.07 Å². The van der Waals surface area contributed by atoms with E-state index in [2.05, 4.69) is 22.2 Å². The van der Waals surface area contributed by atoms with Crippen LogP contribution in [0.4, 0.5) is 11.6 Å². The Labute approximate surface area is 123 Å². The minimum atomic E-state index is 0.239. The van der Waals surface area contributed by atoms with Gasteiger partial charge in [0.1, 0.15) is 5.82 Å². The smallest absolute Gasteiger partial charge is 0.161 e. The number of nitrogen functional groups attached to an aromatic ring is 1. The van der Waals surface area contributed by atoms with Crippen LogP contribution in [-0.2, 0) is 4.74 Å². The molecule has 0 saturated carbocycles. The third kappa shape index (κ3) is 3.42. The first kappa shape index (κ1) is 14.7. The fourth-order valence-electron chi connectivity index (χ4n) is 2.18. The van der Waals surface area contributed by atoms with Gasteiger partial charge in [-0.15, -0.1) is 0 Å². The number of hydrazine groups is 1. The molecule has 1 unspecified atom stereocenters. The second-order valence-electron chi connectivity index (χ2n) is 4.44. The van der Waals surface area contributed by atoms with Crippen molar-refractivity contribution in [3.63, 3.8) is 0 Å². The van der Waals surface area contributed by atoms with Crippen LogP contribution in [0.2, 0.25) is 10.0 Å². The lowest BCUT2D eigenvalue weighted by Crippen LogP contribution is -2.33. The van der Waals surface area contributed by atoms with Crippen LogP contribution in [-0.4, -0.2) is 30.8 Å². The van der Waals surface area contributed by atoms with Gasteiger partial charge in [0.2, 0.25) is 0 Å². The Morgan fingerprint density at radius 1 is 1.53 bits per heavy atom. The van der Waals surface area contributed by atoms with Gasteiger partial charge in [0.15, 0.2) is 5.82 Å². The van der Waals surface area contributed by atoms with Crippen molar-refractivity contribution in [1.29, 1.82) is 0 Å². The van der Waals surface area contributed by atoms with Crippen molar-refractivity contribution >= 4 is 34.8 Å². The van der Waals surface area contributed by atoms with Crippen molar-refractivity contribution in [3.8, 4) is 0 Å². The summed E-state index contributed by atoms with van der Waals surface area (Å²) in [5.74, 6) is 6.49. The quantitative estimate of drug-likeness (QED) is 0.647. The third-order valence-electron chi connectivity index (χ3n) is 3.18.